The highest BCUT2D eigenvalue weighted by atomic mass is 79.9. The maximum atomic E-state index is 11.9. The molecule has 0 saturated carbocycles. The SMILES string of the molecule is COC(=O)NC(N)=NCC(c1ccccc1Br)S(C)(=O)=O. The Morgan fingerprint density at radius 2 is 2.10 bits per heavy atom. The molecule has 1 unspecified atom stereocenters. The molecule has 0 aliphatic heterocycles. The van der Waals surface area contributed by atoms with Gasteiger partial charge in [0.1, 0.15) is 5.25 Å². The number of rotatable bonds is 4. The molecule has 1 aromatic rings. The van der Waals surface area contributed by atoms with Crippen LogP contribution in [0.2, 0.25) is 0 Å². The van der Waals surface area contributed by atoms with Crippen molar-refractivity contribution in [3.05, 3.63) is 34.3 Å². The zero-order valence-electron chi connectivity index (χ0n) is 11.5. The first-order valence-electron chi connectivity index (χ1n) is 5.84. The van der Waals surface area contributed by atoms with Crippen molar-refractivity contribution in [2.45, 2.75) is 5.25 Å². The zero-order valence-corrected chi connectivity index (χ0v) is 13.9. The van der Waals surface area contributed by atoms with E-state index >= 15 is 0 Å². The van der Waals surface area contributed by atoms with E-state index in [4.69, 9.17) is 5.73 Å². The molecule has 0 bridgehead atoms. The number of methoxy groups -OCH3 is 1. The monoisotopic (exact) mass is 377 g/mol. The van der Waals surface area contributed by atoms with Gasteiger partial charge in [-0.25, -0.2) is 13.2 Å². The number of aliphatic imine (C=N–C) groups is 1. The van der Waals surface area contributed by atoms with Crippen LogP contribution in [0.25, 0.3) is 0 Å². The molecule has 9 heteroatoms. The van der Waals surface area contributed by atoms with Gasteiger partial charge in [0, 0.05) is 10.7 Å². The molecule has 1 aromatic carbocycles. The summed E-state index contributed by atoms with van der Waals surface area (Å²) < 4.78 is 28.9. The number of benzene rings is 1. The molecule has 1 atom stereocenters. The molecule has 7 nitrogen and oxygen atoms in total. The lowest BCUT2D eigenvalue weighted by Gasteiger charge is -2.15. The number of ether oxygens (including phenoxy) is 1. The van der Waals surface area contributed by atoms with E-state index in [1.54, 1.807) is 24.3 Å². The van der Waals surface area contributed by atoms with Crippen LogP contribution in [0.15, 0.2) is 33.7 Å². The van der Waals surface area contributed by atoms with Gasteiger partial charge in [-0.05, 0) is 11.6 Å². The number of nitrogens with zero attached hydrogens (tertiary/aromatic N) is 1. The van der Waals surface area contributed by atoms with Gasteiger partial charge >= 0.3 is 6.09 Å². The van der Waals surface area contributed by atoms with E-state index in [1.807, 2.05) is 0 Å². The summed E-state index contributed by atoms with van der Waals surface area (Å²) in [7, 11) is -2.22. The second-order valence-electron chi connectivity index (χ2n) is 4.18. The van der Waals surface area contributed by atoms with Crippen LogP contribution in [0.1, 0.15) is 10.8 Å². The number of hydrogen-bond donors (Lipinski definition) is 2. The van der Waals surface area contributed by atoms with Crippen LogP contribution in [0.3, 0.4) is 0 Å². The van der Waals surface area contributed by atoms with Gasteiger partial charge in [-0.15, -0.1) is 0 Å². The quantitative estimate of drug-likeness (QED) is 0.604. The first-order chi connectivity index (χ1) is 9.75. The fraction of sp³-hybridized carbons (Fsp3) is 0.333. The summed E-state index contributed by atoms with van der Waals surface area (Å²) in [5.41, 5.74) is 6.07. The molecule has 0 heterocycles. The predicted octanol–water partition coefficient (Wildman–Crippen LogP) is 1.21. The van der Waals surface area contributed by atoms with E-state index < -0.39 is 21.2 Å². The Kier molecular flexibility index (Phi) is 6.16. The van der Waals surface area contributed by atoms with Crippen LogP contribution in [-0.2, 0) is 14.6 Å². The molecule has 21 heavy (non-hydrogen) atoms. The van der Waals surface area contributed by atoms with Crippen LogP contribution in [-0.4, -0.2) is 40.4 Å². The first-order valence-corrected chi connectivity index (χ1v) is 8.58. The molecule has 0 aromatic heterocycles. The first kappa shape index (κ1) is 17.4. The molecule has 1 rings (SSSR count). The molecule has 3 N–H and O–H groups in total. The van der Waals surface area contributed by atoms with Crippen molar-refractivity contribution in [1.82, 2.24) is 5.32 Å². The number of alkyl carbamates (subject to hydrolysis) is 1. The number of carbonyl (C=O) groups excluding carboxylic acids is 1. The second kappa shape index (κ2) is 7.41. The van der Waals surface area contributed by atoms with Crippen molar-refractivity contribution < 1.29 is 17.9 Å². The number of nitrogens with one attached hydrogen (secondary N) is 1. The molecule has 0 spiro atoms. The van der Waals surface area contributed by atoms with Crippen molar-refractivity contribution in [3.8, 4) is 0 Å². The van der Waals surface area contributed by atoms with Gasteiger partial charge in [0.2, 0.25) is 0 Å². The number of amides is 1. The Labute approximate surface area is 131 Å². The number of hydrogen-bond acceptors (Lipinski definition) is 5. The van der Waals surface area contributed by atoms with Gasteiger partial charge in [-0.2, -0.15) is 0 Å². The van der Waals surface area contributed by atoms with Crippen LogP contribution in [0.4, 0.5) is 4.79 Å². The average Bonchev–Trinajstić information content (AvgIpc) is 2.39. The number of carbonyl (C=O) groups is 1. The van der Waals surface area contributed by atoms with E-state index in [9.17, 15) is 13.2 Å². The van der Waals surface area contributed by atoms with Crippen LogP contribution < -0.4 is 11.1 Å². The summed E-state index contributed by atoms with van der Waals surface area (Å²) in [5, 5.41) is 1.29. The molecule has 0 aliphatic carbocycles. The van der Waals surface area contributed by atoms with Crippen LogP contribution in [0.5, 0.6) is 0 Å². The summed E-state index contributed by atoms with van der Waals surface area (Å²) in [6.07, 6.45) is 0.351. The van der Waals surface area contributed by atoms with Crippen molar-refractivity contribution in [2.75, 3.05) is 19.9 Å². The third-order valence-electron chi connectivity index (χ3n) is 2.61. The van der Waals surface area contributed by atoms with Crippen molar-refractivity contribution in [1.29, 1.82) is 0 Å². The average molecular weight is 378 g/mol. The maximum absolute atomic E-state index is 11.9. The number of halogens is 1. The molecule has 0 saturated heterocycles. The van der Waals surface area contributed by atoms with E-state index in [0.29, 0.717) is 10.0 Å². The third-order valence-corrected chi connectivity index (χ3v) is 4.77. The lowest BCUT2D eigenvalue weighted by atomic mass is 10.1. The van der Waals surface area contributed by atoms with E-state index in [2.05, 4.69) is 31.0 Å². The number of sulfone groups is 1. The normalized spacial score (nSPS) is 13.6. The standard InChI is InChI=1S/C12H16BrN3O4S/c1-20-12(17)16-11(14)15-7-10(21(2,18)19)8-5-3-4-6-9(8)13/h3-6,10H,7H2,1-2H3,(H3,14,15,16,17). The number of guanidine groups is 1. The predicted molar refractivity (Wildman–Crippen MR) is 83.8 cm³/mol. The van der Waals surface area contributed by atoms with Gasteiger partial charge in [-0.3, -0.25) is 10.3 Å². The minimum Gasteiger partial charge on any atom is -0.453 e. The van der Waals surface area contributed by atoms with Gasteiger partial charge in [-0.1, -0.05) is 34.1 Å². The van der Waals surface area contributed by atoms with Gasteiger partial charge < -0.3 is 10.5 Å². The molecule has 116 valence electrons. The Morgan fingerprint density at radius 3 is 2.62 bits per heavy atom. The molecule has 1 amide bonds. The Morgan fingerprint density at radius 1 is 1.48 bits per heavy atom. The molecular formula is C12H16BrN3O4S. The summed E-state index contributed by atoms with van der Waals surface area (Å²) in [5.74, 6) is -0.206. The second-order valence-corrected chi connectivity index (χ2v) is 7.26. The third kappa shape index (κ3) is 5.35. The van der Waals surface area contributed by atoms with Crippen molar-refractivity contribution in [2.24, 2.45) is 10.7 Å². The fourth-order valence-corrected chi connectivity index (χ4v) is 3.30. The Balaban J connectivity index is 3.00. The molecule has 0 radical (unpaired) electrons. The lowest BCUT2D eigenvalue weighted by Crippen LogP contribution is -2.37. The summed E-state index contributed by atoms with van der Waals surface area (Å²) >= 11 is 3.31. The Bertz CT molecular complexity index is 646. The highest BCUT2D eigenvalue weighted by molar-refractivity contribution is 9.10. The fourth-order valence-electron chi connectivity index (χ4n) is 1.58. The lowest BCUT2D eigenvalue weighted by molar-refractivity contribution is 0.176. The van der Waals surface area contributed by atoms with Crippen molar-refractivity contribution in [3.63, 3.8) is 0 Å². The van der Waals surface area contributed by atoms with Crippen molar-refractivity contribution >= 4 is 37.8 Å². The van der Waals surface area contributed by atoms with Gasteiger partial charge in [0.05, 0.1) is 13.7 Å². The topological polar surface area (TPSA) is 111 Å². The minimum atomic E-state index is -3.41. The smallest absolute Gasteiger partial charge is 0.413 e. The highest BCUT2D eigenvalue weighted by Crippen LogP contribution is 2.28. The van der Waals surface area contributed by atoms with E-state index in [1.165, 1.54) is 7.11 Å². The zero-order chi connectivity index (χ0) is 16.0. The summed E-state index contributed by atoms with van der Waals surface area (Å²) in [4.78, 5) is 14.8. The van der Waals surface area contributed by atoms with Crippen LogP contribution >= 0.6 is 15.9 Å². The van der Waals surface area contributed by atoms with E-state index in [-0.39, 0.29) is 12.5 Å². The minimum absolute atomic E-state index is 0.114. The molecule has 0 fully saturated rings. The largest absolute Gasteiger partial charge is 0.453 e. The van der Waals surface area contributed by atoms with Gasteiger partial charge in [0.15, 0.2) is 15.8 Å². The molecule has 0 aliphatic rings. The van der Waals surface area contributed by atoms with E-state index in [0.717, 1.165) is 6.26 Å². The summed E-state index contributed by atoms with van der Waals surface area (Å²) in [6.45, 7) is -0.114. The maximum Gasteiger partial charge on any atom is 0.413 e. The van der Waals surface area contributed by atoms with Gasteiger partial charge in [0.25, 0.3) is 0 Å². The summed E-state index contributed by atoms with van der Waals surface area (Å²) in [6, 6.07) is 6.95. The molecular weight excluding hydrogens is 362 g/mol. The van der Waals surface area contributed by atoms with Crippen LogP contribution in [0, 0.1) is 0 Å². The highest BCUT2D eigenvalue weighted by Gasteiger charge is 2.24. The Hall–Kier alpha value is -1.61. The number of nitrogens with two attached hydrogens (primary N) is 1.